The molecule has 0 fully saturated rings. The van der Waals surface area contributed by atoms with Gasteiger partial charge in [0.1, 0.15) is 5.78 Å². The van der Waals surface area contributed by atoms with Crippen molar-refractivity contribution in [1.29, 1.82) is 0 Å². The van der Waals surface area contributed by atoms with E-state index in [4.69, 9.17) is 0 Å². The van der Waals surface area contributed by atoms with Gasteiger partial charge in [0.15, 0.2) is 0 Å². The summed E-state index contributed by atoms with van der Waals surface area (Å²) in [6.07, 6.45) is 5.04. The summed E-state index contributed by atoms with van der Waals surface area (Å²) in [5.74, 6) is 1.06. The van der Waals surface area contributed by atoms with Gasteiger partial charge in [0.2, 0.25) is 0 Å². The van der Waals surface area contributed by atoms with E-state index < -0.39 is 0 Å². The molecule has 1 heteroatoms. The molecule has 0 heterocycles. The maximum absolute atomic E-state index is 12.3. The minimum Gasteiger partial charge on any atom is -0.299 e. The lowest BCUT2D eigenvalue weighted by molar-refractivity contribution is -0.124. The Labute approximate surface area is 112 Å². The van der Waals surface area contributed by atoms with Crippen molar-refractivity contribution in [2.45, 2.75) is 52.9 Å². The van der Waals surface area contributed by atoms with E-state index in [0.29, 0.717) is 11.7 Å². The first-order valence-electron chi connectivity index (χ1n) is 7.21. The van der Waals surface area contributed by atoms with Crippen molar-refractivity contribution in [3.63, 3.8) is 0 Å². The topological polar surface area (TPSA) is 17.1 Å². The first kappa shape index (κ1) is 14.9. The van der Waals surface area contributed by atoms with Crippen LogP contribution in [0, 0.1) is 11.8 Å². The summed E-state index contributed by atoms with van der Waals surface area (Å²) in [4.78, 5) is 12.3. The van der Waals surface area contributed by atoms with Crippen molar-refractivity contribution in [2.24, 2.45) is 11.8 Å². The Bertz CT molecular complexity index is 340. The molecule has 1 aromatic rings. The summed E-state index contributed by atoms with van der Waals surface area (Å²) in [7, 11) is 0. The van der Waals surface area contributed by atoms with E-state index in [1.54, 1.807) is 0 Å². The van der Waals surface area contributed by atoms with Crippen molar-refractivity contribution in [3.05, 3.63) is 35.9 Å². The van der Waals surface area contributed by atoms with Gasteiger partial charge < -0.3 is 0 Å². The number of hydrogen-bond donors (Lipinski definition) is 0. The third kappa shape index (κ3) is 5.03. The highest BCUT2D eigenvalue weighted by atomic mass is 16.1. The Kier molecular flexibility index (Phi) is 6.70. The van der Waals surface area contributed by atoms with Gasteiger partial charge in [0, 0.05) is 12.3 Å². The molecule has 0 N–H and O–H groups in total. The van der Waals surface area contributed by atoms with E-state index in [1.807, 2.05) is 18.2 Å². The number of carbonyl (C=O) groups is 1. The molecule has 1 nitrogen and oxygen atoms in total. The molecule has 100 valence electrons. The average Bonchev–Trinajstić information content (AvgIpc) is 2.37. The second-order valence-corrected chi connectivity index (χ2v) is 5.46. The number of ketones is 1. The molecule has 1 rings (SSSR count). The molecule has 0 amide bonds. The van der Waals surface area contributed by atoms with E-state index in [0.717, 1.165) is 19.3 Å². The average molecular weight is 246 g/mol. The lowest BCUT2D eigenvalue weighted by Gasteiger charge is -2.19. The SMILES string of the molecule is CCCCCC(=O)[C@H](Cc1ccccc1)C(C)C. The Morgan fingerprint density at radius 1 is 1.11 bits per heavy atom. The smallest absolute Gasteiger partial charge is 0.136 e. The predicted octanol–water partition coefficient (Wildman–Crippen LogP) is 4.65. The van der Waals surface area contributed by atoms with E-state index in [-0.39, 0.29) is 5.92 Å². The van der Waals surface area contributed by atoms with Crippen LogP contribution in [0.1, 0.15) is 52.0 Å². The van der Waals surface area contributed by atoms with E-state index in [2.05, 4.69) is 32.9 Å². The maximum atomic E-state index is 12.3. The zero-order valence-corrected chi connectivity index (χ0v) is 12.0. The molecular weight excluding hydrogens is 220 g/mol. The number of unbranched alkanes of at least 4 members (excludes halogenated alkanes) is 2. The number of Topliss-reactive ketones (excluding diaryl/α,β-unsaturated/α-hetero) is 1. The number of hydrogen-bond acceptors (Lipinski definition) is 1. The molecular formula is C17H26O. The summed E-state index contributed by atoms with van der Waals surface area (Å²) in [5, 5.41) is 0. The van der Waals surface area contributed by atoms with E-state index in [9.17, 15) is 4.79 Å². The molecule has 0 bridgehead atoms. The Balaban J connectivity index is 2.57. The molecule has 18 heavy (non-hydrogen) atoms. The number of rotatable bonds is 8. The Morgan fingerprint density at radius 2 is 1.78 bits per heavy atom. The molecule has 0 aliphatic heterocycles. The summed E-state index contributed by atoms with van der Waals surface area (Å²) < 4.78 is 0. The standard InChI is InChI=1S/C17H26O/c1-4-5-7-12-17(18)16(14(2)3)13-15-10-8-6-9-11-15/h6,8-11,14,16H,4-5,7,12-13H2,1-3H3/t16-/m1/s1. The van der Waals surface area contributed by atoms with Crippen LogP contribution in [0.2, 0.25) is 0 Å². The molecule has 1 atom stereocenters. The minimum absolute atomic E-state index is 0.184. The van der Waals surface area contributed by atoms with Crippen LogP contribution in [0.5, 0.6) is 0 Å². The van der Waals surface area contributed by atoms with Crippen molar-refractivity contribution in [3.8, 4) is 0 Å². The molecule has 0 unspecified atom stereocenters. The van der Waals surface area contributed by atoms with E-state index >= 15 is 0 Å². The minimum atomic E-state index is 0.184. The highest BCUT2D eigenvalue weighted by Gasteiger charge is 2.21. The first-order chi connectivity index (χ1) is 8.65. The van der Waals surface area contributed by atoms with Crippen molar-refractivity contribution < 1.29 is 4.79 Å². The zero-order valence-electron chi connectivity index (χ0n) is 12.0. The molecule has 0 saturated carbocycles. The summed E-state index contributed by atoms with van der Waals surface area (Å²) in [6.45, 7) is 6.49. The summed E-state index contributed by atoms with van der Waals surface area (Å²) in [6, 6.07) is 10.4. The van der Waals surface area contributed by atoms with Gasteiger partial charge in [-0.2, -0.15) is 0 Å². The van der Waals surface area contributed by atoms with Gasteiger partial charge in [0.05, 0.1) is 0 Å². The monoisotopic (exact) mass is 246 g/mol. The second kappa shape index (κ2) is 8.07. The highest BCUT2D eigenvalue weighted by molar-refractivity contribution is 5.81. The quantitative estimate of drug-likeness (QED) is 0.610. The molecule has 0 radical (unpaired) electrons. The predicted molar refractivity (Wildman–Crippen MR) is 77.6 cm³/mol. The third-order valence-corrected chi connectivity index (χ3v) is 3.54. The normalized spacial score (nSPS) is 12.7. The van der Waals surface area contributed by atoms with Gasteiger partial charge >= 0.3 is 0 Å². The molecule has 0 saturated heterocycles. The van der Waals surface area contributed by atoms with Crippen LogP contribution in [0.4, 0.5) is 0 Å². The van der Waals surface area contributed by atoms with Crippen LogP contribution in [0.15, 0.2) is 30.3 Å². The third-order valence-electron chi connectivity index (χ3n) is 3.54. The van der Waals surface area contributed by atoms with Gasteiger partial charge in [-0.15, -0.1) is 0 Å². The second-order valence-electron chi connectivity index (χ2n) is 5.46. The molecule has 0 spiro atoms. The number of carbonyl (C=O) groups excluding carboxylic acids is 1. The molecule has 1 aromatic carbocycles. The van der Waals surface area contributed by atoms with E-state index in [1.165, 1.54) is 18.4 Å². The van der Waals surface area contributed by atoms with Gasteiger partial charge in [-0.05, 0) is 24.3 Å². The lowest BCUT2D eigenvalue weighted by Crippen LogP contribution is -2.22. The lowest BCUT2D eigenvalue weighted by atomic mass is 9.84. The van der Waals surface area contributed by atoms with Crippen LogP contribution in [0.3, 0.4) is 0 Å². The highest BCUT2D eigenvalue weighted by Crippen LogP contribution is 2.21. The first-order valence-corrected chi connectivity index (χ1v) is 7.21. The van der Waals surface area contributed by atoms with Gasteiger partial charge in [-0.3, -0.25) is 4.79 Å². The van der Waals surface area contributed by atoms with Crippen molar-refractivity contribution >= 4 is 5.78 Å². The summed E-state index contributed by atoms with van der Waals surface area (Å²) in [5.41, 5.74) is 1.28. The van der Waals surface area contributed by atoms with Gasteiger partial charge in [-0.25, -0.2) is 0 Å². The van der Waals surface area contributed by atoms with Crippen molar-refractivity contribution in [1.82, 2.24) is 0 Å². The van der Waals surface area contributed by atoms with Crippen LogP contribution in [0.25, 0.3) is 0 Å². The van der Waals surface area contributed by atoms with Crippen molar-refractivity contribution in [2.75, 3.05) is 0 Å². The Hall–Kier alpha value is -1.11. The van der Waals surface area contributed by atoms with Crippen LogP contribution in [-0.2, 0) is 11.2 Å². The Morgan fingerprint density at radius 3 is 2.33 bits per heavy atom. The molecule has 0 aliphatic carbocycles. The zero-order chi connectivity index (χ0) is 13.4. The maximum Gasteiger partial charge on any atom is 0.136 e. The van der Waals surface area contributed by atoms with Gasteiger partial charge in [0.25, 0.3) is 0 Å². The molecule has 0 aliphatic rings. The van der Waals surface area contributed by atoms with Gasteiger partial charge in [-0.1, -0.05) is 63.9 Å². The summed E-state index contributed by atoms with van der Waals surface area (Å²) >= 11 is 0. The fourth-order valence-electron chi connectivity index (χ4n) is 2.32. The fourth-order valence-corrected chi connectivity index (χ4v) is 2.32. The molecule has 0 aromatic heterocycles. The van der Waals surface area contributed by atoms with Crippen LogP contribution >= 0.6 is 0 Å². The fraction of sp³-hybridized carbons (Fsp3) is 0.588. The number of benzene rings is 1. The largest absolute Gasteiger partial charge is 0.299 e. The van der Waals surface area contributed by atoms with Crippen LogP contribution in [-0.4, -0.2) is 5.78 Å². The van der Waals surface area contributed by atoms with Crippen LogP contribution < -0.4 is 0 Å².